The molecule has 7 nitrogen and oxygen atoms in total. The number of amides is 2. The third-order valence-corrected chi connectivity index (χ3v) is 4.72. The van der Waals surface area contributed by atoms with Crippen LogP contribution in [-0.2, 0) is 4.79 Å². The van der Waals surface area contributed by atoms with Gasteiger partial charge in [-0.05, 0) is 56.2 Å². The zero-order valence-corrected chi connectivity index (χ0v) is 16.8. The van der Waals surface area contributed by atoms with E-state index in [1.165, 1.54) is 6.92 Å². The number of aryl methyl sites for hydroxylation is 1. The molecule has 0 saturated heterocycles. The molecule has 0 aliphatic rings. The van der Waals surface area contributed by atoms with Crippen LogP contribution in [-0.4, -0.2) is 28.7 Å². The van der Waals surface area contributed by atoms with Gasteiger partial charge >= 0.3 is 0 Å². The number of carbonyl (C=O) groups excluding carboxylic acids is 3. The lowest BCUT2D eigenvalue weighted by Gasteiger charge is -2.15. The van der Waals surface area contributed by atoms with Crippen LogP contribution in [0.2, 0.25) is 0 Å². The van der Waals surface area contributed by atoms with E-state index in [2.05, 4.69) is 15.8 Å². The number of hydrazine groups is 1. The van der Waals surface area contributed by atoms with Gasteiger partial charge in [-0.25, -0.2) is 0 Å². The number of Topliss-reactive ketones (excluding diaryl/α,β-unsaturated/α-hetero) is 1. The van der Waals surface area contributed by atoms with Crippen LogP contribution in [0.25, 0.3) is 10.8 Å². The highest BCUT2D eigenvalue weighted by molar-refractivity contribution is 6.03. The van der Waals surface area contributed by atoms with E-state index in [0.29, 0.717) is 22.6 Å². The third-order valence-electron chi connectivity index (χ3n) is 4.72. The van der Waals surface area contributed by atoms with Crippen molar-refractivity contribution in [3.05, 3.63) is 65.0 Å². The number of aromatic amines is 1. The number of rotatable bonds is 5. The van der Waals surface area contributed by atoms with Crippen molar-refractivity contribution in [3.63, 3.8) is 0 Å². The van der Waals surface area contributed by atoms with Crippen LogP contribution in [0.4, 0.5) is 0 Å². The van der Waals surface area contributed by atoms with Crippen molar-refractivity contribution < 1.29 is 19.1 Å². The van der Waals surface area contributed by atoms with Gasteiger partial charge in [-0.15, -0.1) is 0 Å². The molecule has 1 unspecified atom stereocenters. The molecule has 0 fully saturated rings. The van der Waals surface area contributed by atoms with Gasteiger partial charge in [-0.2, -0.15) is 0 Å². The highest BCUT2D eigenvalue weighted by Gasteiger charge is 2.21. The third kappa shape index (κ3) is 4.29. The van der Waals surface area contributed by atoms with Crippen molar-refractivity contribution in [1.82, 2.24) is 15.8 Å². The molecule has 0 radical (unpaired) electrons. The van der Waals surface area contributed by atoms with E-state index < -0.39 is 17.9 Å². The summed E-state index contributed by atoms with van der Waals surface area (Å²) in [5, 5.41) is 2.08. The molecule has 7 heteroatoms. The van der Waals surface area contributed by atoms with Crippen LogP contribution in [0, 0.1) is 13.8 Å². The lowest BCUT2D eigenvalue weighted by molar-refractivity contribution is -0.128. The van der Waals surface area contributed by atoms with E-state index in [-0.39, 0.29) is 11.5 Å². The number of fused-ring (bicyclic) bond motifs is 1. The molecule has 3 aromatic rings. The summed E-state index contributed by atoms with van der Waals surface area (Å²) < 4.78 is 5.68. The van der Waals surface area contributed by atoms with Crippen molar-refractivity contribution in [2.24, 2.45) is 0 Å². The minimum absolute atomic E-state index is 0.128. The summed E-state index contributed by atoms with van der Waals surface area (Å²) in [6.07, 6.45) is -0.823. The molecule has 3 rings (SSSR count). The Bertz CT molecular complexity index is 1100. The summed E-state index contributed by atoms with van der Waals surface area (Å²) in [6.45, 7) is 6.44. The van der Waals surface area contributed by atoms with E-state index in [4.69, 9.17) is 4.74 Å². The molecule has 3 N–H and O–H groups in total. The van der Waals surface area contributed by atoms with Gasteiger partial charge in [0, 0.05) is 11.3 Å². The predicted molar refractivity (Wildman–Crippen MR) is 110 cm³/mol. The molecule has 150 valence electrons. The van der Waals surface area contributed by atoms with Gasteiger partial charge < -0.3 is 9.72 Å². The Balaban J connectivity index is 1.61. The Kier molecular flexibility index (Phi) is 5.68. The van der Waals surface area contributed by atoms with Crippen LogP contribution < -0.4 is 15.6 Å². The average molecular weight is 393 g/mol. The largest absolute Gasteiger partial charge is 0.481 e. The zero-order chi connectivity index (χ0) is 21.1. The van der Waals surface area contributed by atoms with Gasteiger partial charge in [0.15, 0.2) is 11.9 Å². The summed E-state index contributed by atoms with van der Waals surface area (Å²) in [6, 6.07) is 13.4. The molecular weight excluding hydrogens is 370 g/mol. The standard InChI is InChI=1S/C22H23N3O4/c1-12-19(14(3)26)13(2)23-20(12)22(28)25-24-21(27)15(4)29-18-10-9-16-7-5-6-8-17(16)11-18/h5-11,15,23H,1-4H3,(H,24,27)(H,25,28). The number of nitrogens with one attached hydrogen (secondary N) is 3. The van der Waals surface area contributed by atoms with Crippen molar-refractivity contribution in [1.29, 1.82) is 0 Å². The Hall–Kier alpha value is -3.61. The molecule has 0 bridgehead atoms. The number of carbonyl (C=O) groups is 3. The molecule has 0 saturated carbocycles. The SMILES string of the molecule is CC(=O)c1c(C)[nH]c(C(=O)NNC(=O)C(C)Oc2ccc3ccccc3c2)c1C. The molecule has 1 heterocycles. The van der Waals surface area contributed by atoms with E-state index in [0.717, 1.165) is 10.8 Å². The van der Waals surface area contributed by atoms with Gasteiger partial charge in [0.1, 0.15) is 11.4 Å². The van der Waals surface area contributed by atoms with Crippen LogP contribution in [0.3, 0.4) is 0 Å². The van der Waals surface area contributed by atoms with Crippen molar-refractivity contribution in [2.75, 3.05) is 0 Å². The first-order valence-corrected chi connectivity index (χ1v) is 9.23. The first-order valence-electron chi connectivity index (χ1n) is 9.23. The quantitative estimate of drug-likeness (QED) is 0.458. The monoisotopic (exact) mass is 393 g/mol. The lowest BCUT2D eigenvalue weighted by Crippen LogP contribution is -2.47. The number of ether oxygens (including phenoxy) is 1. The number of benzene rings is 2. The summed E-state index contributed by atoms with van der Waals surface area (Å²) in [7, 11) is 0. The van der Waals surface area contributed by atoms with Crippen molar-refractivity contribution in [2.45, 2.75) is 33.8 Å². The molecule has 0 aliphatic heterocycles. The normalized spacial score (nSPS) is 11.7. The van der Waals surface area contributed by atoms with E-state index in [1.807, 2.05) is 36.4 Å². The van der Waals surface area contributed by atoms with Gasteiger partial charge in [0.05, 0.1) is 0 Å². The molecule has 0 aliphatic carbocycles. The maximum Gasteiger partial charge on any atom is 0.286 e. The van der Waals surface area contributed by atoms with Crippen LogP contribution in [0.15, 0.2) is 42.5 Å². The van der Waals surface area contributed by atoms with Crippen molar-refractivity contribution in [3.8, 4) is 5.75 Å². The number of aromatic nitrogens is 1. The fourth-order valence-electron chi connectivity index (χ4n) is 3.29. The maximum absolute atomic E-state index is 12.4. The van der Waals surface area contributed by atoms with Crippen molar-refractivity contribution >= 4 is 28.4 Å². The predicted octanol–water partition coefficient (Wildman–Crippen LogP) is 3.22. The Labute approximate surface area is 168 Å². The summed E-state index contributed by atoms with van der Waals surface area (Å²) in [5.41, 5.74) is 6.58. The summed E-state index contributed by atoms with van der Waals surface area (Å²) >= 11 is 0. The number of hydrogen-bond donors (Lipinski definition) is 3. The highest BCUT2D eigenvalue weighted by Crippen LogP contribution is 2.21. The first-order chi connectivity index (χ1) is 13.8. The molecule has 1 aromatic heterocycles. The van der Waals surface area contributed by atoms with Gasteiger partial charge in [-0.3, -0.25) is 25.2 Å². The highest BCUT2D eigenvalue weighted by atomic mass is 16.5. The molecule has 0 spiro atoms. The van der Waals surface area contributed by atoms with Crippen LogP contribution in [0.1, 0.15) is 46.0 Å². The Morgan fingerprint density at radius 3 is 2.34 bits per heavy atom. The van der Waals surface area contributed by atoms with Gasteiger partial charge in [0.25, 0.3) is 11.8 Å². The van der Waals surface area contributed by atoms with E-state index >= 15 is 0 Å². The molecule has 2 amide bonds. The first kappa shape index (κ1) is 20.1. The molecule has 2 aromatic carbocycles. The Morgan fingerprint density at radius 1 is 1.00 bits per heavy atom. The smallest absolute Gasteiger partial charge is 0.286 e. The number of H-pyrrole nitrogens is 1. The average Bonchev–Trinajstić information content (AvgIpc) is 3.00. The summed E-state index contributed by atoms with van der Waals surface area (Å²) in [5.74, 6) is -0.611. The van der Waals surface area contributed by atoms with Crippen LogP contribution in [0.5, 0.6) is 5.75 Å². The fourth-order valence-corrected chi connectivity index (χ4v) is 3.29. The van der Waals surface area contributed by atoms with Gasteiger partial charge in [-0.1, -0.05) is 30.3 Å². The number of hydrogen-bond acceptors (Lipinski definition) is 4. The van der Waals surface area contributed by atoms with E-state index in [9.17, 15) is 14.4 Å². The fraction of sp³-hybridized carbons (Fsp3) is 0.227. The Morgan fingerprint density at radius 2 is 1.69 bits per heavy atom. The van der Waals surface area contributed by atoms with E-state index in [1.54, 1.807) is 26.8 Å². The molecule has 1 atom stereocenters. The second kappa shape index (κ2) is 8.18. The van der Waals surface area contributed by atoms with Crippen LogP contribution >= 0.6 is 0 Å². The second-order valence-corrected chi connectivity index (χ2v) is 6.89. The minimum atomic E-state index is -0.823. The maximum atomic E-state index is 12.4. The molecular formula is C22H23N3O4. The second-order valence-electron chi connectivity index (χ2n) is 6.89. The lowest BCUT2D eigenvalue weighted by atomic mass is 10.1. The molecule has 29 heavy (non-hydrogen) atoms. The number of ketones is 1. The zero-order valence-electron chi connectivity index (χ0n) is 16.8. The van der Waals surface area contributed by atoms with Gasteiger partial charge in [0.2, 0.25) is 0 Å². The topological polar surface area (TPSA) is 100 Å². The summed E-state index contributed by atoms with van der Waals surface area (Å²) in [4.78, 5) is 39.3. The minimum Gasteiger partial charge on any atom is -0.481 e.